The summed E-state index contributed by atoms with van der Waals surface area (Å²) in [5.41, 5.74) is 1.39. The van der Waals surface area contributed by atoms with Crippen molar-refractivity contribution in [2.75, 3.05) is 5.75 Å². The Kier molecular flexibility index (Phi) is 4.63. The van der Waals surface area contributed by atoms with Gasteiger partial charge in [-0.3, -0.25) is 4.79 Å². The normalized spacial score (nSPS) is 15.2. The van der Waals surface area contributed by atoms with E-state index in [4.69, 9.17) is 5.11 Å². The van der Waals surface area contributed by atoms with E-state index in [2.05, 4.69) is 48.6 Å². The Labute approximate surface area is 116 Å². The van der Waals surface area contributed by atoms with Crippen LogP contribution in [0.3, 0.4) is 0 Å². The van der Waals surface area contributed by atoms with Crippen molar-refractivity contribution in [1.29, 1.82) is 0 Å². The second kappa shape index (κ2) is 6.43. The lowest BCUT2D eigenvalue weighted by atomic mass is 10.2. The van der Waals surface area contributed by atoms with Crippen molar-refractivity contribution in [1.82, 2.24) is 0 Å². The van der Waals surface area contributed by atoms with Gasteiger partial charge in [0, 0.05) is 17.1 Å². The highest BCUT2D eigenvalue weighted by molar-refractivity contribution is 8.08. The molecule has 1 aromatic rings. The summed E-state index contributed by atoms with van der Waals surface area (Å²) in [7, 11) is 0. The van der Waals surface area contributed by atoms with Crippen molar-refractivity contribution in [3.8, 4) is 0 Å². The summed E-state index contributed by atoms with van der Waals surface area (Å²) in [4.78, 5) is 10.8. The molecule has 0 aromatic heterocycles. The van der Waals surface area contributed by atoms with Crippen LogP contribution in [-0.4, -0.2) is 16.8 Å². The van der Waals surface area contributed by atoms with E-state index in [1.807, 2.05) is 11.8 Å². The molecule has 0 spiro atoms. The van der Waals surface area contributed by atoms with Gasteiger partial charge in [0.05, 0.1) is 0 Å². The number of hydrogen-bond acceptors (Lipinski definition) is 2. The van der Waals surface area contributed by atoms with E-state index in [-0.39, 0.29) is 6.42 Å². The third-order valence-electron chi connectivity index (χ3n) is 2.85. The Morgan fingerprint density at radius 3 is 2.84 bits per heavy atom. The van der Waals surface area contributed by atoms with Crippen molar-refractivity contribution in [2.45, 2.75) is 13.3 Å². The molecule has 1 heterocycles. The molecule has 0 saturated carbocycles. The summed E-state index contributed by atoms with van der Waals surface area (Å²) < 4.78 is 0. The number of aliphatic carboxylic acids is 1. The van der Waals surface area contributed by atoms with Gasteiger partial charge in [0.2, 0.25) is 0 Å². The Bertz CT molecular complexity index is 654. The fourth-order valence-corrected chi connectivity index (χ4v) is 2.96. The first-order valence-corrected chi connectivity index (χ1v) is 7.24. The number of rotatable bonds is 1. The molecule has 0 unspecified atom stereocenters. The van der Waals surface area contributed by atoms with Crippen molar-refractivity contribution in [3.63, 3.8) is 0 Å². The standard InChI is InChI=1S/C13H10S.C3H6O2/c1-2-7-12-10(4-1)5-3-6-11-8-9-14-13(11)12;1-2-3(4)5/h1-8H,9H2;2H2,1H3,(H,4,5). The highest BCUT2D eigenvalue weighted by Crippen LogP contribution is 2.32. The van der Waals surface area contributed by atoms with E-state index in [0.717, 1.165) is 5.75 Å². The average Bonchev–Trinajstić information content (AvgIpc) is 2.81. The second-order valence-corrected chi connectivity index (χ2v) is 5.19. The lowest BCUT2D eigenvalue weighted by Gasteiger charge is -1.98. The minimum Gasteiger partial charge on any atom is -0.481 e. The van der Waals surface area contributed by atoms with E-state index < -0.39 is 5.97 Å². The van der Waals surface area contributed by atoms with Crippen LogP contribution in [0, 0.1) is 0 Å². The summed E-state index contributed by atoms with van der Waals surface area (Å²) in [5.74, 6) is 0.369. The Hall–Kier alpha value is -1.74. The Balaban J connectivity index is 0.000000232. The number of thioether (sulfide) groups is 1. The van der Waals surface area contributed by atoms with Crippen LogP contribution in [0.15, 0.2) is 48.1 Å². The van der Waals surface area contributed by atoms with Gasteiger partial charge >= 0.3 is 5.97 Å². The fourth-order valence-electron chi connectivity index (χ4n) is 1.87. The third kappa shape index (κ3) is 3.38. The summed E-state index contributed by atoms with van der Waals surface area (Å²) in [6.45, 7) is 1.60. The SMILES string of the molecule is C1=CC2=CCSC2=c2ccccc2=C1.CCC(=O)O. The number of carbonyl (C=O) groups is 1. The van der Waals surface area contributed by atoms with Gasteiger partial charge in [-0.25, -0.2) is 0 Å². The summed E-state index contributed by atoms with van der Waals surface area (Å²) in [6.07, 6.45) is 9.05. The zero-order chi connectivity index (χ0) is 13.7. The van der Waals surface area contributed by atoms with Gasteiger partial charge in [-0.1, -0.05) is 55.5 Å². The predicted molar refractivity (Wildman–Crippen MR) is 81.2 cm³/mol. The molecule has 0 amide bonds. The maximum atomic E-state index is 9.37. The zero-order valence-corrected chi connectivity index (χ0v) is 11.6. The number of carboxylic acids is 1. The van der Waals surface area contributed by atoms with Gasteiger partial charge in [-0.15, -0.1) is 11.8 Å². The molecule has 0 atom stereocenters. The van der Waals surface area contributed by atoms with Gasteiger partial charge < -0.3 is 5.11 Å². The predicted octanol–water partition coefficient (Wildman–Crippen LogP) is 2.30. The van der Waals surface area contributed by atoms with Gasteiger partial charge in [-0.05, 0) is 16.0 Å². The van der Waals surface area contributed by atoms with Gasteiger partial charge in [-0.2, -0.15) is 0 Å². The quantitative estimate of drug-likeness (QED) is 0.852. The van der Waals surface area contributed by atoms with Crippen molar-refractivity contribution < 1.29 is 9.90 Å². The first-order valence-electron chi connectivity index (χ1n) is 6.25. The van der Waals surface area contributed by atoms with E-state index in [1.165, 1.54) is 20.9 Å². The second-order valence-electron chi connectivity index (χ2n) is 4.16. The molecular weight excluding hydrogens is 256 g/mol. The van der Waals surface area contributed by atoms with Crippen molar-refractivity contribution in [2.24, 2.45) is 0 Å². The molecule has 1 aliphatic carbocycles. The lowest BCUT2D eigenvalue weighted by Crippen LogP contribution is -2.24. The average molecular weight is 272 g/mol. The fraction of sp³-hybridized carbons (Fsp3) is 0.188. The van der Waals surface area contributed by atoms with E-state index in [9.17, 15) is 4.79 Å². The number of carboxylic acid groups (broad SMARTS) is 1. The van der Waals surface area contributed by atoms with Crippen LogP contribution in [0.5, 0.6) is 0 Å². The third-order valence-corrected chi connectivity index (χ3v) is 3.93. The molecule has 19 heavy (non-hydrogen) atoms. The largest absolute Gasteiger partial charge is 0.481 e. The molecule has 1 N–H and O–H groups in total. The topological polar surface area (TPSA) is 37.3 Å². The Morgan fingerprint density at radius 2 is 2.11 bits per heavy atom. The van der Waals surface area contributed by atoms with Gasteiger partial charge in [0.1, 0.15) is 0 Å². The molecule has 98 valence electrons. The number of fused-ring (bicyclic) bond motifs is 2. The van der Waals surface area contributed by atoms with Gasteiger partial charge in [0.25, 0.3) is 0 Å². The van der Waals surface area contributed by atoms with Crippen LogP contribution in [0.2, 0.25) is 0 Å². The molecule has 3 heteroatoms. The molecule has 1 aromatic carbocycles. The van der Waals surface area contributed by atoms with Crippen LogP contribution in [-0.2, 0) is 4.79 Å². The van der Waals surface area contributed by atoms with Crippen LogP contribution in [0.1, 0.15) is 13.3 Å². The number of benzene rings is 1. The summed E-state index contributed by atoms with van der Waals surface area (Å²) >= 11 is 1.94. The summed E-state index contributed by atoms with van der Waals surface area (Å²) in [6, 6.07) is 8.59. The maximum absolute atomic E-state index is 9.37. The lowest BCUT2D eigenvalue weighted by molar-refractivity contribution is -0.136. The molecule has 3 rings (SSSR count). The smallest absolute Gasteiger partial charge is 0.303 e. The first-order chi connectivity index (χ1) is 9.22. The zero-order valence-electron chi connectivity index (χ0n) is 10.8. The molecule has 1 aliphatic heterocycles. The van der Waals surface area contributed by atoms with Gasteiger partial charge in [0.15, 0.2) is 0 Å². The van der Waals surface area contributed by atoms with E-state index >= 15 is 0 Å². The molecular formula is C16H16O2S. The first kappa shape index (κ1) is 13.7. The molecule has 2 aliphatic rings. The van der Waals surface area contributed by atoms with Crippen molar-refractivity contribution >= 4 is 28.7 Å². The molecule has 0 fully saturated rings. The van der Waals surface area contributed by atoms with Crippen LogP contribution < -0.4 is 10.4 Å². The molecule has 0 bridgehead atoms. The van der Waals surface area contributed by atoms with Crippen LogP contribution >= 0.6 is 11.8 Å². The van der Waals surface area contributed by atoms with Crippen LogP contribution in [0.4, 0.5) is 0 Å². The minimum absolute atomic E-state index is 0.222. The van der Waals surface area contributed by atoms with Crippen molar-refractivity contribution in [3.05, 3.63) is 58.5 Å². The number of allylic oxidation sites excluding steroid dienone is 2. The maximum Gasteiger partial charge on any atom is 0.303 e. The molecule has 0 radical (unpaired) electrons. The summed E-state index contributed by atoms with van der Waals surface area (Å²) in [5, 5.41) is 10.4. The molecule has 2 nitrogen and oxygen atoms in total. The minimum atomic E-state index is -0.745. The van der Waals surface area contributed by atoms with E-state index in [1.54, 1.807) is 6.92 Å². The van der Waals surface area contributed by atoms with Crippen LogP contribution in [0.25, 0.3) is 11.0 Å². The Morgan fingerprint density at radius 1 is 1.37 bits per heavy atom. The number of hydrogen-bond donors (Lipinski definition) is 1. The highest BCUT2D eigenvalue weighted by atomic mass is 32.2. The van der Waals surface area contributed by atoms with E-state index in [0.29, 0.717) is 0 Å². The molecule has 0 saturated heterocycles. The highest BCUT2D eigenvalue weighted by Gasteiger charge is 2.11. The monoisotopic (exact) mass is 272 g/mol.